The highest BCUT2D eigenvalue weighted by Gasteiger charge is 2.20. The number of carbonyl (C=O) groups is 1. The van der Waals surface area contributed by atoms with Crippen LogP contribution in [-0.4, -0.2) is 45.5 Å². The van der Waals surface area contributed by atoms with E-state index >= 15 is 0 Å². The summed E-state index contributed by atoms with van der Waals surface area (Å²) >= 11 is 1.40. The third-order valence-electron chi connectivity index (χ3n) is 5.82. The maximum Gasteiger partial charge on any atom is 0.191 e. The zero-order valence-electron chi connectivity index (χ0n) is 19.8. The van der Waals surface area contributed by atoms with Crippen molar-refractivity contribution in [3.05, 3.63) is 54.2 Å². The molecule has 0 aliphatic rings. The van der Waals surface area contributed by atoms with Crippen LogP contribution in [0.15, 0.2) is 53.8 Å². The molecule has 0 saturated carbocycles. The van der Waals surface area contributed by atoms with Gasteiger partial charge in [-0.3, -0.25) is 4.79 Å². The van der Waals surface area contributed by atoms with Gasteiger partial charge in [0.05, 0.1) is 25.5 Å². The molecule has 178 valence electrons. The van der Waals surface area contributed by atoms with Crippen molar-refractivity contribution < 1.29 is 14.3 Å². The second-order valence-corrected chi connectivity index (χ2v) is 8.99. The summed E-state index contributed by atoms with van der Waals surface area (Å²) in [6.07, 6.45) is 6.54. The van der Waals surface area contributed by atoms with Gasteiger partial charge < -0.3 is 19.0 Å². The van der Waals surface area contributed by atoms with Crippen molar-refractivity contribution in [3.8, 4) is 22.9 Å². The topological polar surface area (TPSA) is 82.0 Å². The number of nitrogens with one attached hydrogen (secondary N) is 1. The molecule has 34 heavy (non-hydrogen) atoms. The van der Waals surface area contributed by atoms with Gasteiger partial charge in [-0.2, -0.15) is 0 Å². The smallest absolute Gasteiger partial charge is 0.191 e. The van der Waals surface area contributed by atoms with E-state index in [1.807, 2.05) is 18.3 Å². The number of rotatable bonds is 12. The van der Waals surface area contributed by atoms with E-state index in [0.29, 0.717) is 17.1 Å². The van der Waals surface area contributed by atoms with Crippen LogP contribution >= 0.6 is 11.8 Å². The first-order chi connectivity index (χ1) is 16.7. The first kappa shape index (κ1) is 23.9. The lowest BCUT2D eigenvalue weighted by Gasteiger charge is -2.11. The van der Waals surface area contributed by atoms with Gasteiger partial charge in [0.25, 0.3) is 0 Å². The zero-order valence-corrected chi connectivity index (χ0v) is 20.7. The number of para-hydroxylation sites is 1. The van der Waals surface area contributed by atoms with Gasteiger partial charge in [0, 0.05) is 29.2 Å². The number of aromatic amines is 1. The van der Waals surface area contributed by atoms with E-state index in [2.05, 4.69) is 38.8 Å². The molecule has 2 aromatic heterocycles. The quantitative estimate of drug-likeness (QED) is 0.153. The first-order valence-electron chi connectivity index (χ1n) is 11.5. The highest BCUT2D eigenvalue weighted by Crippen LogP contribution is 2.31. The van der Waals surface area contributed by atoms with Crippen molar-refractivity contribution in [1.29, 1.82) is 0 Å². The molecular formula is C26H30N4O3S. The molecule has 1 N–H and O–H groups in total. The third-order valence-corrected chi connectivity index (χ3v) is 6.79. The highest BCUT2D eigenvalue weighted by atomic mass is 32.2. The Labute approximate surface area is 203 Å². The summed E-state index contributed by atoms with van der Waals surface area (Å²) in [5, 5.41) is 10.9. The Hall–Kier alpha value is -3.26. The minimum Gasteiger partial charge on any atom is -0.497 e. The Morgan fingerprint density at radius 1 is 1.06 bits per heavy atom. The molecule has 0 saturated heterocycles. The van der Waals surface area contributed by atoms with Crippen molar-refractivity contribution >= 4 is 28.4 Å². The number of aromatic nitrogens is 4. The minimum atomic E-state index is -0.0464. The fourth-order valence-corrected chi connectivity index (χ4v) is 4.84. The van der Waals surface area contributed by atoms with E-state index in [4.69, 9.17) is 9.47 Å². The van der Waals surface area contributed by atoms with Crippen LogP contribution in [0.4, 0.5) is 0 Å². The van der Waals surface area contributed by atoms with Crippen LogP contribution in [0, 0.1) is 0 Å². The van der Waals surface area contributed by atoms with Gasteiger partial charge in [-0.1, -0.05) is 56.1 Å². The van der Waals surface area contributed by atoms with Gasteiger partial charge in [0.15, 0.2) is 16.8 Å². The van der Waals surface area contributed by atoms with Gasteiger partial charge >= 0.3 is 0 Å². The monoisotopic (exact) mass is 478 g/mol. The molecule has 2 heterocycles. The van der Waals surface area contributed by atoms with E-state index < -0.39 is 0 Å². The third kappa shape index (κ3) is 5.12. The number of ketones is 1. The van der Waals surface area contributed by atoms with E-state index in [-0.39, 0.29) is 11.5 Å². The van der Waals surface area contributed by atoms with E-state index in [1.165, 1.54) is 24.6 Å². The van der Waals surface area contributed by atoms with Crippen molar-refractivity contribution in [2.24, 2.45) is 0 Å². The van der Waals surface area contributed by atoms with Crippen LogP contribution < -0.4 is 9.47 Å². The Kier molecular flexibility index (Phi) is 7.90. The molecule has 0 amide bonds. The number of H-pyrrole nitrogens is 1. The normalized spacial score (nSPS) is 11.1. The maximum atomic E-state index is 13.1. The van der Waals surface area contributed by atoms with Gasteiger partial charge in [-0.05, 0) is 30.7 Å². The van der Waals surface area contributed by atoms with Crippen LogP contribution in [0.5, 0.6) is 11.5 Å². The molecule has 4 rings (SSSR count). The molecule has 0 bridgehead atoms. The molecule has 8 heteroatoms. The molecule has 0 atom stereocenters. The number of ether oxygens (including phenoxy) is 2. The van der Waals surface area contributed by atoms with Crippen LogP contribution in [0.2, 0.25) is 0 Å². The van der Waals surface area contributed by atoms with Crippen LogP contribution in [0.25, 0.3) is 22.3 Å². The maximum absolute atomic E-state index is 13.1. The lowest BCUT2D eigenvalue weighted by atomic mass is 10.1. The summed E-state index contributed by atoms with van der Waals surface area (Å²) in [5.41, 5.74) is 2.58. The molecular weight excluding hydrogens is 448 g/mol. The number of thioether (sulfide) groups is 1. The zero-order chi connectivity index (χ0) is 23.9. The second kappa shape index (κ2) is 11.2. The lowest BCUT2D eigenvalue weighted by Crippen LogP contribution is -2.08. The average molecular weight is 479 g/mol. The fourth-order valence-electron chi connectivity index (χ4n) is 3.99. The molecule has 2 aromatic carbocycles. The Bertz CT molecular complexity index is 1260. The molecule has 7 nitrogen and oxygen atoms in total. The summed E-state index contributed by atoms with van der Waals surface area (Å²) in [5.74, 6) is 2.16. The summed E-state index contributed by atoms with van der Waals surface area (Å²) in [6.45, 7) is 3.01. The van der Waals surface area contributed by atoms with E-state index in [0.717, 1.165) is 46.8 Å². The number of carbonyl (C=O) groups excluding carboxylic acids is 1. The second-order valence-electron chi connectivity index (χ2n) is 8.04. The molecule has 4 aromatic rings. The Morgan fingerprint density at radius 3 is 2.71 bits per heavy atom. The summed E-state index contributed by atoms with van der Waals surface area (Å²) in [6, 6.07) is 13.4. The van der Waals surface area contributed by atoms with E-state index in [1.54, 1.807) is 32.4 Å². The van der Waals surface area contributed by atoms with Gasteiger partial charge in [-0.15, -0.1) is 10.2 Å². The molecule has 0 unspecified atom stereocenters. The van der Waals surface area contributed by atoms with Crippen molar-refractivity contribution in [3.63, 3.8) is 0 Å². The largest absolute Gasteiger partial charge is 0.497 e. The van der Waals surface area contributed by atoms with Crippen molar-refractivity contribution in [2.75, 3.05) is 20.0 Å². The number of benzene rings is 2. The number of hydrogen-bond donors (Lipinski definition) is 1. The lowest BCUT2D eigenvalue weighted by molar-refractivity contribution is 0.101. The Morgan fingerprint density at radius 2 is 1.91 bits per heavy atom. The molecule has 0 aliphatic heterocycles. The number of fused-ring (bicyclic) bond motifs is 1. The number of methoxy groups -OCH3 is 2. The molecule has 0 fully saturated rings. The number of unbranched alkanes of at least 4 members (excludes halogenated alkanes) is 3. The van der Waals surface area contributed by atoms with Crippen LogP contribution in [-0.2, 0) is 6.54 Å². The van der Waals surface area contributed by atoms with Gasteiger partial charge in [0.1, 0.15) is 11.5 Å². The molecule has 0 radical (unpaired) electrons. The Balaban J connectivity index is 1.60. The fraction of sp³-hybridized carbons (Fsp3) is 0.346. The van der Waals surface area contributed by atoms with Gasteiger partial charge in [0.2, 0.25) is 0 Å². The summed E-state index contributed by atoms with van der Waals surface area (Å²) < 4.78 is 12.8. The summed E-state index contributed by atoms with van der Waals surface area (Å²) in [4.78, 5) is 16.4. The number of Topliss-reactive ketones (excluding diaryl/α,β-unsaturated/α-hetero) is 1. The van der Waals surface area contributed by atoms with Crippen LogP contribution in [0.1, 0.15) is 43.0 Å². The predicted octanol–water partition coefficient (Wildman–Crippen LogP) is 6.00. The first-order valence-corrected chi connectivity index (χ1v) is 12.5. The van der Waals surface area contributed by atoms with E-state index in [9.17, 15) is 4.79 Å². The van der Waals surface area contributed by atoms with Crippen molar-refractivity contribution in [1.82, 2.24) is 19.7 Å². The number of nitrogens with zero attached hydrogens (tertiary/aromatic N) is 3. The molecule has 0 spiro atoms. The minimum absolute atomic E-state index is 0.0464. The number of hydrogen-bond acceptors (Lipinski definition) is 6. The summed E-state index contributed by atoms with van der Waals surface area (Å²) in [7, 11) is 3.14. The average Bonchev–Trinajstić information content (AvgIpc) is 3.48. The van der Waals surface area contributed by atoms with Crippen LogP contribution in [0.3, 0.4) is 0 Å². The SMILES string of the molecule is CCCCCCn1c(SCC(=O)c2cc(OC)ccc2OC)nnc1-c1c[nH]c2ccccc12. The predicted molar refractivity (Wildman–Crippen MR) is 136 cm³/mol. The standard InChI is InChI=1S/C26H30N4O3S/c1-4-5-6-9-14-30-25(21-16-27-22-11-8-7-10-19(21)22)28-29-26(30)34-17-23(31)20-15-18(32-2)12-13-24(20)33-3/h7-8,10-13,15-16,27H,4-6,9,14,17H2,1-3H3. The van der Waals surface area contributed by atoms with Gasteiger partial charge in [-0.25, -0.2) is 0 Å². The van der Waals surface area contributed by atoms with Crippen molar-refractivity contribution in [2.45, 2.75) is 44.3 Å². The highest BCUT2D eigenvalue weighted by molar-refractivity contribution is 7.99. The molecule has 0 aliphatic carbocycles.